The number of hydrogen-bond acceptors (Lipinski definition) is 3. The van der Waals surface area contributed by atoms with Crippen molar-refractivity contribution in [2.45, 2.75) is 43.6 Å². The number of benzene rings is 1. The quantitative estimate of drug-likeness (QED) is 0.908. The maximum absolute atomic E-state index is 12.5. The zero-order chi connectivity index (χ0) is 14.6. The van der Waals surface area contributed by atoms with Gasteiger partial charge in [0.1, 0.15) is 0 Å². The zero-order valence-electron chi connectivity index (χ0n) is 12.0. The van der Waals surface area contributed by atoms with Crippen LogP contribution < -0.4 is 0 Å². The van der Waals surface area contributed by atoms with Crippen LogP contribution in [-0.4, -0.2) is 31.4 Å². The van der Waals surface area contributed by atoms with E-state index in [9.17, 15) is 8.42 Å². The van der Waals surface area contributed by atoms with E-state index in [1.807, 2.05) is 0 Å². The maximum Gasteiger partial charge on any atom is 0.242 e. The molecule has 4 nitrogen and oxygen atoms in total. The third-order valence-electron chi connectivity index (χ3n) is 4.05. The summed E-state index contributed by atoms with van der Waals surface area (Å²) in [5.74, 6) is 0.486. The second-order valence-electron chi connectivity index (χ2n) is 5.59. The molecule has 0 aliphatic heterocycles. The smallest absolute Gasteiger partial charge is 0.242 e. The van der Waals surface area contributed by atoms with Crippen LogP contribution in [-0.2, 0) is 16.6 Å². The predicted molar refractivity (Wildman–Crippen MR) is 78.8 cm³/mol. The summed E-state index contributed by atoms with van der Waals surface area (Å²) in [6.07, 6.45) is 5.95. The zero-order valence-corrected chi connectivity index (χ0v) is 12.8. The van der Waals surface area contributed by atoms with Gasteiger partial charge in [0.15, 0.2) is 0 Å². The number of aliphatic hydroxyl groups is 1. The lowest BCUT2D eigenvalue weighted by molar-refractivity contribution is 0.281. The van der Waals surface area contributed by atoms with E-state index in [2.05, 4.69) is 0 Å². The van der Waals surface area contributed by atoms with Crippen LogP contribution >= 0.6 is 0 Å². The number of rotatable bonds is 5. The molecule has 0 heterocycles. The number of aliphatic hydroxyl groups excluding tert-OH is 1. The van der Waals surface area contributed by atoms with E-state index >= 15 is 0 Å². The first-order chi connectivity index (χ1) is 9.54. The summed E-state index contributed by atoms with van der Waals surface area (Å²) < 4.78 is 26.4. The SMILES string of the molecule is CN(CC1CCCCC1)S(=O)(=O)c1ccc(CO)cc1. The van der Waals surface area contributed by atoms with Crippen molar-refractivity contribution in [2.24, 2.45) is 5.92 Å². The summed E-state index contributed by atoms with van der Waals surface area (Å²) in [5.41, 5.74) is 0.721. The fourth-order valence-corrected chi connectivity index (χ4v) is 4.03. The van der Waals surface area contributed by atoms with E-state index in [1.165, 1.54) is 23.6 Å². The topological polar surface area (TPSA) is 57.6 Å². The van der Waals surface area contributed by atoms with Crippen molar-refractivity contribution in [3.05, 3.63) is 29.8 Å². The molecule has 0 saturated heterocycles. The van der Waals surface area contributed by atoms with Crippen LogP contribution in [0, 0.1) is 5.92 Å². The van der Waals surface area contributed by atoms with Crippen LogP contribution in [0.4, 0.5) is 0 Å². The van der Waals surface area contributed by atoms with Gasteiger partial charge in [-0.05, 0) is 36.5 Å². The van der Waals surface area contributed by atoms with E-state index in [0.29, 0.717) is 17.4 Å². The Bertz CT molecular complexity index is 519. The third kappa shape index (κ3) is 3.59. The lowest BCUT2D eigenvalue weighted by atomic mass is 9.89. The van der Waals surface area contributed by atoms with Gasteiger partial charge < -0.3 is 5.11 Å². The van der Waals surface area contributed by atoms with E-state index in [1.54, 1.807) is 31.3 Å². The first-order valence-electron chi connectivity index (χ1n) is 7.20. The summed E-state index contributed by atoms with van der Waals surface area (Å²) in [5, 5.41) is 9.00. The minimum atomic E-state index is -3.41. The summed E-state index contributed by atoms with van der Waals surface area (Å²) in [4.78, 5) is 0.299. The minimum absolute atomic E-state index is 0.0712. The number of nitrogens with zero attached hydrogens (tertiary/aromatic N) is 1. The Morgan fingerprint density at radius 1 is 1.15 bits per heavy atom. The fourth-order valence-electron chi connectivity index (χ4n) is 2.78. The lowest BCUT2D eigenvalue weighted by Crippen LogP contribution is -2.32. The van der Waals surface area contributed by atoms with Crippen LogP contribution in [0.3, 0.4) is 0 Å². The predicted octanol–water partition coefficient (Wildman–Crippen LogP) is 2.38. The van der Waals surface area contributed by atoms with Crippen molar-refractivity contribution in [2.75, 3.05) is 13.6 Å². The van der Waals surface area contributed by atoms with E-state index < -0.39 is 10.0 Å². The minimum Gasteiger partial charge on any atom is -0.392 e. The van der Waals surface area contributed by atoms with Crippen LogP contribution in [0.5, 0.6) is 0 Å². The summed E-state index contributed by atoms with van der Waals surface area (Å²) in [6.45, 7) is 0.530. The molecule has 0 bridgehead atoms. The molecule has 0 radical (unpaired) electrons. The molecule has 0 aromatic heterocycles. The molecule has 1 N–H and O–H groups in total. The molecule has 112 valence electrons. The molecular formula is C15H23NO3S. The van der Waals surface area contributed by atoms with Crippen molar-refractivity contribution >= 4 is 10.0 Å². The highest BCUT2D eigenvalue weighted by Crippen LogP contribution is 2.26. The molecule has 1 aromatic carbocycles. The molecule has 20 heavy (non-hydrogen) atoms. The molecule has 1 saturated carbocycles. The largest absolute Gasteiger partial charge is 0.392 e. The van der Waals surface area contributed by atoms with Crippen molar-refractivity contribution in [1.82, 2.24) is 4.31 Å². The summed E-state index contributed by atoms with van der Waals surface area (Å²) in [6, 6.07) is 6.44. The molecule has 0 spiro atoms. The molecular weight excluding hydrogens is 274 g/mol. The Balaban J connectivity index is 2.07. The highest BCUT2D eigenvalue weighted by Gasteiger charge is 2.24. The fraction of sp³-hybridized carbons (Fsp3) is 0.600. The average Bonchev–Trinajstić information content (AvgIpc) is 2.48. The van der Waals surface area contributed by atoms with Gasteiger partial charge in [0, 0.05) is 13.6 Å². The molecule has 0 atom stereocenters. The van der Waals surface area contributed by atoms with Crippen LogP contribution in [0.15, 0.2) is 29.2 Å². The van der Waals surface area contributed by atoms with Crippen molar-refractivity contribution in [3.8, 4) is 0 Å². The second-order valence-corrected chi connectivity index (χ2v) is 7.64. The molecule has 1 aliphatic rings. The van der Waals surface area contributed by atoms with Crippen LogP contribution in [0.1, 0.15) is 37.7 Å². The number of hydrogen-bond donors (Lipinski definition) is 1. The molecule has 5 heteroatoms. The Labute approximate surface area is 121 Å². The molecule has 1 aliphatic carbocycles. The van der Waals surface area contributed by atoms with E-state index in [0.717, 1.165) is 18.4 Å². The number of sulfonamides is 1. The molecule has 1 fully saturated rings. The van der Waals surface area contributed by atoms with Gasteiger partial charge in [0.05, 0.1) is 11.5 Å². The van der Waals surface area contributed by atoms with Gasteiger partial charge in [-0.1, -0.05) is 31.4 Å². The third-order valence-corrected chi connectivity index (χ3v) is 5.89. The van der Waals surface area contributed by atoms with Crippen LogP contribution in [0.2, 0.25) is 0 Å². The van der Waals surface area contributed by atoms with Crippen molar-refractivity contribution in [1.29, 1.82) is 0 Å². The summed E-state index contributed by atoms with van der Waals surface area (Å²) in [7, 11) is -1.76. The Kier molecular flexibility index (Phi) is 5.18. The molecule has 1 aromatic rings. The van der Waals surface area contributed by atoms with Crippen molar-refractivity contribution in [3.63, 3.8) is 0 Å². The van der Waals surface area contributed by atoms with Gasteiger partial charge >= 0.3 is 0 Å². The molecule has 2 rings (SSSR count). The van der Waals surface area contributed by atoms with Gasteiger partial charge in [-0.25, -0.2) is 12.7 Å². The maximum atomic E-state index is 12.5. The highest BCUT2D eigenvalue weighted by atomic mass is 32.2. The van der Waals surface area contributed by atoms with Crippen molar-refractivity contribution < 1.29 is 13.5 Å². The standard InChI is InChI=1S/C15H23NO3S/c1-16(11-13-5-3-2-4-6-13)20(18,19)15-9-7-14(12-17)8-10-15/h7-10,13,17H,2-6,11-12H2,1H3. The van der Waals surface area contributed by atoms with E-state index in [4.69, 9.17) is 5.11 Å². The molecule has 0 amide bonds. The Morgan fingerprint density at radius 2 is 1.75 bits per heavy atom. The van der Waals surface area contributed by atoms with Gasteiger partial charge in [-0.3, -0.25) is 0 Å². The Hall–Kier alpha value is -0.910. The normalized spacial score (nSPS) is 17.6. The van der Waals surface area contributed by atoms with Gasteiger partial charge in [-0.2, -0.15) is 0 Å². The van der Waals surface area contributed by atoms with Gasteiger partial charge in [0.25, 0.3) is 0 Å². The molecule has 0 unspecified atom stereocenters. The Morgan fingerprint density at radius 3 is 2.30 bits per heavy atom. The summed E-state index contributed by atoms with van der Waals surface area (Å²) >= 11 is 0. The first kappa shape index (κ1) is 15.5. The van der Waals surface area contributed by atoms with E-state index in [-0.39, 0.29) is 6.61 Å². The second kappa shape index (κ2) is 6.70. The van der Waals surface area contributed by atoms with Crippen LogP contribution in [0.25, 0.3) is 0 Å². The van der Waals surface area contributed by atoms with Gasteiger partial charge in [-0.15, -0.1) is 0 Å². The lowest BCUT2D eigenvalue weighted by Gasteiger charge is -2.26. The highest BCUT2D eigenvalue weighted by molar-refractivity contribution is 7.89. The van der Waals surface area contributed by atoms with Gasteiger partial charge in [0.2, 0.25) is 10.0 Å². The average molecular weight is 297 g/mol. The monoisotopic (exact) mass is 297 g/mol. The first-order valence-corrected chi connectivity index (χ1v) is 8.64.